The summed E-state index contributed by atoms with van der Waals surface area (Å²) in [6.07, 6.45) is 0.742. The molecule has 1 aromatic rings. The Balaban J connectivity index is 2.05. The Hall–Kier alpha value is -1.56. The number of benzene rings is 1. The molecule has 0 saturated carbocycles. The van der Waals surface area contributed by atoms with Crippen LogP contribution in [0, 0.1) is 5.92 Å². The van der Waals surface area contributed by atoms with Crippen LogP contribution in [0.15, 0.2) is 22.7 Å². The Morgan fingerprint density at radius 2 is 2.25 bits per heavy atom. The molecule has 0 aliphatic carbocycles. The molecule has 5 nitrogen and oxygen atoms in total. The van der Waals surface area contributed by atoms with Crippen molar-refractivity contribution in [2.75, 3.05) is 20.2 Å². The van der Waals surface area contributed by atoms with Gasteiger partial charge in [0.2, 0.25) is 5.91 Å². The van der Waals surface area contributed by atoms with E-state index in [1.54, 1.807) is 18.1 Å². The highest BCUT2D eigenvalue weighted by Crippen LogP contribution is 2.25. The minimum Gasteiger partial charge on any atom is -0.496 e. The van der Waals surface area contributed by atoms with E-state index in [1.807, 2.05) is 12.1 Å². The van der Waals surface area contributed by atoms with Crippen LogP contribution in [0.2, 0.25) is 0 Å². The number of carboxylic acid groups (broad SMARTS) is 1. The molecule has 0 unspecified atom stereocenters. The summed E-state index contributed by atoms with van der Waals surface area (Å²) in [5.41, 5.74) is 0.797. The number of carboxylic acids is 1. The van der Waals surface area contributed by atoms with Crippen molar-refractivity contribution in [2.45, 2.75) is 12.8 Å². The first kappa shape index (κ1) is 14.8. The maximum absolute atomic E-state index is 12.2. The van der Waals surface area contributed by atoms with Gasteiger partial charge in [0.15, 0.2) is 0 Å². The first-order valence-corrected chi connectivity index (χ1v) is 7.13. The average molecular weight is 342 g/mol. The van der Waals surface area contributed by atoms with Gasteiger partial charge in [0.1, 0.15) is 5.75 Å². The lowest BCUT2D eigenvalue weighted by Crippen LogP contribution is -2.31. The number of aliphatic carboxylic acids is 1. The number of ether oxygens (including phenoxy) is 1. The van der Waals surface area contributed by atoms with Gasteiger partial charge in [-0.05, 0) is 24.6 Å². The summed E-state index contributed by atoms with van der Waals surface area (Å²) >= 11 is 3.37. The zero-order valence-electron chi connectivity index (χ0n) is 11.1. The molecular formula is C14H16BrNO4. The number of likely N-dealkylation sites (tertiary alicyclic amines) is 1. The molecule has 0 aromatic heterocycles. The number of carbonyl (C=O) groups excluding carboxylic acids is 1. The van der Waals surface area contributed by atoms with Gasteiger partial charge >= 0.3 is 5.97 Å². The second-order valence-electron chi connectivity index (χ2n) is 4.80. The lowest BCUT2D eigenvalue weighted by molar-refractivity contribution is -0.141. The smallest absolute Gasteiger partial charge is 0.308 e. The SMILES string of the molecule is COc1ccc(Br)cc1CC(=O)N1CC[C@@H](C(=O)O)C1. The van der Waals surface area contributed by atoms with Crippen LogP contribution in [0.1, 0.15) is 12.0 Å². The van der Waals surface area contributed by atoms with Gasteiger partial charge in [-0.25, -0.2) is 0 Å². The summed E-state index contributed by atoms with van der Waals surface area (Å²) in [5.74, 6) is -0.677. The number of amides is 1. The van der Waals surface area contributed by atoms with Crippen molar-refractivity contribution in [1.29, 1.82) is 0 Å². The van der Waals surface area contributed by atoms with Gasteiger partial charge in [-0.1, -0.05) is 15.9 Å². The van der Waals surface area contributed by atoms with Gasteiger partial charge in [-0.3, -0.25) is 9.59 Å². The van der Waals surface area contributed by atoms with Crippen LogP contribution in [0.3, 0.4) is 0 Å². The molecular weight excluding hydrogens is 326 g/mol. The number of rotatable bonds is 4. The minimum absolute atomic E-state index is 0.0647. The molecule has 2 rings (SSSR count). The molecule has 20 heavy (non-hydrogen) atoms. The number of hydrogen-bond acceptors (Lipinski definition) is 3. The molecule has 0 bridgehead atoms. The molecule has 1 aliphatic rings. The monoisotopic (exact) mass is 341 g/mol. The highest BCUT2D eigenvalue weighted by Gasteiger charge is 2.30. The van der Waals surface area contributed by atoms with Crippen molar-refractivity contribution in [3.63, 3.8) is 0 Å². The van der Waals surface area contributed by atoms with Crippen molar-refractivity contribution in [1.82, 2.24) is 4.90 Å². The van der Waals surface area contributed by atoms with E-state index in [1.165, 1.54) is 0 Å². The fourth-order valence-electron chi connectivity index (χ4n) is 2.35. The fourth-order valence-corrected chi connectivity index (χ4v) is 2.76. The Kier molecular flexibility index (Phi) is 4.65. The molecule has 1 fully saturated rings. The van der Waals surface area contributed by atoms with Crippen LogP contribution in [0.5, 0.6) is 5.75 Å². The van der Waals surface area contributed by atoms with Crippen LogP contribution in [-0.2, 0) is 16.0 Å². The highest BCUT2D eigenvalue weighted by atomic mass is 79.9. The van der Waals surface area contributed by atoms with Crippen LogP contribution in [0.25, 0.3) is 0 Å². The zero-order valence-corrected chi connectivity index (χ0v) is 12.7. The van der Waals surface area contributed by atoms with Crippen LogP contribution < -0.4 is 4.74 Å². The van der Waals surface area contributed by atoms with Gasteiger partial charge < -0.3 is 14.7 Å². The Labute approximate surface area is 125 Å². The number of hydrogen-bond donors (Lipinski definition) is 1. The van der Waals surface area contributed by atoms with E-state index in [4.69, 9.17) is 9.84 Å². The van der Waals surface area contributed by atoms with Gasteiger partial charge in [0, 0.05) is 23.1 Å². The lowest BCUT2D eigenvalue weighted by atomic mass is 10.1. The van der Waals surface area contributed by atoms with Gasteiger partial charge in [-0.2, -0.15) is 0 Å². The van der Waals surface area contributed by atoms with Crippen molar-refractivity contribution >= 4 is 27.8 Å². The maximum atomic E-state index is 12.2. The summed E-state index contributed by atoms with van der Waals surface area (Å²) in [6, 6.07) is 5.50. The van der Waals surface area contributed by atoms with Crippen molar-refractivity contribution in [3.8, 4) is 5.75 Å². The quantitative estimate of drug-likeness (QED) is 0.908. The van der Waals surface area contributed by atoms with E-state index in [9.17, 15) is 9.59 Å². The third-order valence-corrected chi connectivity index (χ3v) is 3.97. The van der Waals surface area contributed by atoms with E-state index >= 15 is 0 Å². The number of halogens is 1. The van der Waals surface area contributed by atoms with E-state index in [0.717, 1.165) is 10.0 Å². The summed E-state index contributed by atoms with van der Waals surface area (Å²) < 4.78 is 6.12. The fraction of sp³-hybridized carbons (Fsp3) is 0.429. The molecule has 1 aliphatic heterocycles. The lowest BCUT2D eigenvalue weighted by Gasteiger charge is -2.17. The molecule has 1 aromatic carbocycles. The number of carbonyl (C=O) groups is 2. The predicted molar refractivity (Wildman–Crippen MR) is 76.7 cm³/mol. The molecule has 6 heteroatoms. The predicted octanol–water partition coefficient (Wildman–Crippen LogP) is 1.93. The van der Waals surface area contributed by atoms with Crippen LogP contribution in [-0.4, -0.2) is 42.1 Å². The molecule has 1 heterocycles. The molecule has 1 N–H and O–H groups in total. The molecule has 1 atom stereocenters. The first-order valence-electron chi connectivity index (χ1n) is 6.34. The zero-order chi connectivity index (χ0) is 14.7. The second-order valence-corrected chi connectivity index (χ2v) is 5.71. The topological polar surface area (TPSA) is 66.8 Å². The normalized spacial score (nSPS) is 18.1. The van der Waals surface area contributed by atoms with E-state index in [2.05, 4.69) is 15.9 Å². The summed E-state index contributed by atoms with van der Waals surface area (Å²) in [4.78, 5) is 24.7. The van der Waals surface area contributed by atoms with Crippen LogP contribution >= 0.6 is 15.9 Å². The third kappa shape index (κ3) is 3.30. The summed E-state index contributed by atoms with van der Waals surface area (Å²) in [5, 5.41) is 8.96. The maximum Gasteiger partial charge on any atom is 0.308 e. The molecule has 0 spiro atoms. The molecule has 1 saturated heterocycles. The Bertz CT molecular complexity index is 532. The summed E-state index contributed by atoms with van der Waals surface area (Å²) in [6.45, 7) is 0.802. The average Bonchev–Trinajstić information content (AvgIpc) is 2.89. The molecule has 108 valence electrons. The highest BCUT2D eigenvalue weighted by molar-refractivity contribution is 9.10. The first-order chi connectivity index (χ1) is 9.51. The third-order valence-electron chi connectivity index (χ3n) is 3.47. The van der Waals surface area contributed by atoms with Gasteiger partial charge in [0.05, 0.1) is 19.4 Å². The van der Waals surface area contributed by atoms with E-state index < -0.39 is 11.9 Å². The van der Waals surface area contributed by atoms with Crippen LogP contribution in [0.4, 0.5) is 0 Å². The van der Waals surface area contributed by atoms with Gasteiger partial charge in [-0.15, -0.1) is 0 Å². The van der Waals surface area contributed by atoms with E-state index in [-0.39, 0.29) is 12.3 Å². The van der Waals surface area contributed by atoms with Crippen molar-refractivity contribution in [2.24, 2.45) is 5.92 Å². The number of methoxy groups -OCH3 is 1. The Morgan fingerprint density at radius 1 is 1.50 bits per heavy atom. The second kappa shape index (κ2) is 6.26. The van der Waals surface area contributed by atoms with Crippen molar-refractivity contribution in [3.05, 3.63) is 28.2 Å². The standard InChI is InChI=1S/C14H16BrNO4/c1-20-12-3-2-11(15)6-10(12)7-13(17)16-5-4-9(8-16)14(18)19/h2-3,6,9H,4-5,7-8H2,1H3,(H,18,19)/t9-/m1/s1. The molecule has 1 amide bonds. The van der Waals surface area contributed by atoms with Gasteiger partial charge in [0.25, 0.3) is 0 Å². The molecule has 0 radical (unpaired) electrons. The number of nitrogens with zero attached hydrogens (tertiary/aromatic N) is 1. The summed E-state index contributed by atoms with van der Waals surface area (Å²) in [7, 11) is 1.56. The Morgan fingerprint density at radius 3 is 2.85 bits per heavy atom. The minimum atomic E-state index is -0.833. The van der Waals surface area contributed by atoms with Crippen molar-refractivity contribution < 1.29 is 19.4 Å². The van der Waals surface area contributed by atoms with E-state index in [0.29, 0.717) is 25.3 Å². The largest absolute Gasteiger partial charge is 0.496 e.